The molecule has 2 nitrogen and oxygen atoms in total. The van der Waals surface area contributed by atoms with E-state index >= 15 is 0 Å². The number of benzene rings is 1. The van der Waals surface area contributed by atoms with E-state index in [0.29, 0.717) is 22.5 Å². The number of anilines is 1. The van der Waals surface area contributed by atoms with E-state index in [0.717, 1.165) is 5.69 Å². The average molecular weight is 262 g/mol. The van der Waals surface area contributed by atoms with Crippen molar-refractivity contribution in [1.82, 2.24) is 0 Å². The Kier molecular flexibility index (Phi) is 5.39. The highest BCUT2D eigenvalue weighted by Crippen LogP contribution is 2.26. The Bertz CT molecular complexity index is 342. The zero-order chi connectivity index (χ0) is 12.1. The number of hydrogen-bond donors (Lipinski definition) is 2. The minimum absolute atomic E-state index is 0.169. The SMILES string of the molecule is CC(C)C(CO)CNc1cc(Cl)ccc1Cl. The Labute approximate surface area is 107 Å². The van der Waals surface area contributed by atoms with Crippen LogP contribution in [0.15, 0.2) is 18.2 Å². The average Bonchev–Trinajstić information content (AvgIpc) is 2.23. The van der Waals surface area contributed by atoms with E-state index in [1.54, 1.807) is 18.2 Å². The molecule has 0 fully saturated rings. The molecule has 0 aliphatic heterocycles. The van der Waals surface area contributed by atoms with Crippen LogP contribution in [0.5, 0.6) is 0 Å². The zero-order valence-electron chi connectivity index (χ0n) is 9.50. The quantitative estimate of drug-likeness (QED) is 0.848. The van der Waals surface area contributed by atoms with Crippen LogP contribution < -0.4 is 5.32 Å². The van der Waals surface area contributed by atoms with Crippen molar-refractivity contribution in [2.24, 2.45) is 11.8 Å². The highest BCUT2D eigenvalue weighted by Gasteiger charge is 2.12. The van der Waals surface area contributed by atoms with E-state index in [2.05, 4.69) is 19.2 Å². The molecular weight excluding hydrogens is 245 g/mol. The van der Waals surface area contributed by atoms with Crippen LogP contribution in [0.1, 0.15) is 13.8 Å². The second kappa shape index (κ2) is 6.33. The molecule has 1 aromatic rings. The second-order valence-corrected chi connectivity index (χ2v) is 5.04. The fourth-order valence-electron chi connectivity index (χ4n) is 1.39. The highest BCUT2D eigenvalue weighted by molar-refractivity contribution is 6.35. The molecule has 0 spiro atoms. The van der Waals surface area contributed by atoms with E-state index in [9.17, 15) is 5.11 Å². The summed E-state index contributed by atoms with van der Waals surface area (Å²) in [4.78, 5) is 0. The molecule has 1 unspecified atom stereocenters. The molecule has 0 aliphatic rings. The molecule has 0 bridgehead atoms. The number of halogens is 2. The molecule has 0 radical (unpaired) electrons. The number of aliphatic hydroxyl groups excluding tert-OH is 1. The maximum absolute atomic E-state index is 9.20. The lowest BCUT2D eigenvalue weighted by molar-refractivity contribution is 0.198. The van der Waals surface area contributed by atoms with Crippen LogP contribution in [0, 0.1) is 11.8 Å². The molecule has 90 valence electrons. The Morgan fingerprint density at radius 2 is 2.00 bits per heavy atom. The van der Waals surface area contributed by atoms with Crippen LogP contribution in [-0.2, 0) is 0 Å². The van der Waals surface area contributed by atoms with Gasteiger partial charge in [0.05, 0.1) is 10.7 Å². The monoisotopic (exact) mass is 261 g/mol. The van der Waals surface area contributed by atoms with Crippen LogP contribution in [-0.4, -0.2) is 18.3 Å². The molecule has 0 heterocycles. The van der Waals surface area contributed by atoms with Gasteiger partial charge in [-0.25, -0.2) is 0 Å². The standard InChI is InChI=1S/C12H17Cl2NO/c1-8(2)9(7-16)6-15-12-5-10(13)3-4-11(12)14/h3-5,8-9,15-16H,6-7H2,1-2H3. The highest BCUT2D eigenvalue weighted by atomic mass is 35.5. The molecule has 0 saturated carbocycles. The molecule has 16 heavy (non-hydrogen) atoms. The van der Waals surface area contributed by atoms with Crippen LogP contribution in [0.25, 0.3) is 0 Å². The van der Waals surface area contributed by atoms with Crippen molar-refractivity contribution in [3.05, 3.63) is 28.2 Å². The van der Waals surface area contributed by atoms with Gasteiger partial charge in [0.1, 0.15) is 0 Å². The summed E-state index contributed by atoms with van der Waals surface area (Å²) in [6, 6.07) is 5.30. The first kappa shape index (κ1) is 13.6. The summed E-state index contributed by atoms with van der Waals surface area (Å²) < 4.78 is 0. The van der Waals surface area contributed by atoms with Gasteiger partial charge >= 0.3 is 0 Å². The maximum Gasteiger partial charge on any atom is 0.0638 e. The first-order chi connectivity index (χ1) is 7.54. The minimum atomic E-state index is 0.169. The summed E-state index contributed by atoms with van der Waals surface area (Å²) >= 11 is 11.9. The van der Waals surface area contributed by atoms with Gasteiger partial charge in [0.15, 0.2) is 0 Å². The third-order valence-corrected chi connectivity index (χ3v) is 3.23. The Hall–Kier alpha value is -0.440. The van der Waals surface area contributed by atoms with Crippen molar-refractivity contribution in [3.8, 4) is 0 Å². The zero-order valence-corrected chi connectivity index (χ0v) is 11.0. The second-order valence-electron chi connectivity index (χ2n) is 4.19. The number of rotatable bonds is 5. The summed E-state index contributed by atoms with van der Waals surface area (Å²) in [6.45, 7) is 5.03. The summed E-state index contributed by atoms with van der Waals surface area (Å²) in [6.07, 6.45) is 0. The molecule has 1 rings (SSSR count). The first-order valence-corrected chi connectivity index (χ1v) is 6.10. The van der Waals surface area contributed by atoms with E-state index in [4.69, 9.17) is 23.2 Å². The molecule has 1 aromatic carbocycles. The fourth-order valence-corrected chi connectivity index (χ4v) is 1.74. The summed E-state index contributed by atoms with van der Waals surface area (Å²) in [7, 11) is 0. The molecule has 4 heteroatoms. The van der Waals surface area contributed by atoms with Crippen LogP contribution in [0.2, 0.25) is 10.0 Å². The van der Waals surface area contributed by atoms with Gasteiger partial charge < -0.3 is 10.4 Å². The Morgan fingerprint density at radius 3 is 2.56 bits per heavy atom. The topological polar surface area (TPSA) is 32.3 Å². The van der Waals surface area contributed by atoms with Crippen molar-refractivity contribution in [2.75, 3.05) is 18.5 Å². The normalized spacial score (nSPS) is 12.9. The maximum atomic E-state index is 9.20. The van der Waals surface area contributed by atoms with E-state index in [1.807, 2.05) is 0 Å². The molecule has 2 N–H and O–H groups in total. The van der Waals surface area contributed by atoms with Crippen LogP contribution in [0.3, 0.4) is 0 Å². The lowest BCUT2D eigenvalue weighted by Gasteiger charge is -2.19. The van der Waals surface area contributed by atoms with Crippen molar-refractivity contribution in [3.63, 3.8) is 0 Å². The van der Waals surface area contributed by atoms with Gasteiger partial charge in [-0.1, -0.05) is 37.0 Å². The van der Waals surface area contributed by atoms with Crippen LogP contribution in [0.4, 0.5) is 5.69 Å². The lowest BCUT2D eigenvalue weighted by atomic mass is 9.97. The number of aliphatic hydroxyl groups is 1. The predicted molar refractivity (Wildman–Crippen MR) is 70.4 cm³/mol. The molecule has 0 saturated heterocycles. The van der Waals surface area contributed by atoms with E-state index < -0.39 is 0 Å². The lowest BCUT2D eigenvalue weighted by Crippen LogP contribution is -2.23. The smallest absolute Gasteiger partial charge is 0.0638 e. The minimum Gasteiger partial charge on any atom is -0.396 e. The van der Waals surface area contributed by atoms with Gasteiger partial charge in [-0.3, -0.25) is 0 Å². The van der Waals surface area contributed by atoms with Crippen molar-refractivity contribution < 1.29 is 5.11 Å². The van der Waals surface area contributed by atoms with E-state index in [-0.39, 0.29) is 12.5 Å². The number of nitrogens with one attached hydrogen (secondary N) is 1. The molecule has 0 aromatic heterocycles. The summed E-state index contributed by atoms with van der Waals surface area (Å²) in [5.74, 6) is 0.644. The Balaban J connectivity index is 2.63. The first-order valence-electron chi connectivity index (χ1n) is 5.34. The summed E-state index contributed by atoms with van der Waals surface area (Å²) in [5.41, 5.74) is 0.813. The predicted octanol–water partition coefficient (Wildman–Crippen LogP) is 3.67. The van der Waals surface area contributed by atoms with Gasteiger partial charge in [-0.2, -0.15) is 0 Å². The van der Waals surface area contributed by atoms with Crippen molar-refractivity contribution in [1.29, 1.82) is 0 Å². The van der Waals surface area contributed by atoms with Crippen molar-refractivity contribution in [2.45, 2.75) is 13.8 Å². The third-order valence-electron chi connectivity index (χ3n) is 2.66. The fraction of sp³-hybridized carbons (Fsp3) is 0.500. The third kappa shape index (κ3) is 3.85. The van der Waals surface area contributed by atoms with Gasteiger partial charge in [-0.15, -0.1) is 0 Å². The molecule has 0 amide bonds. The van der Waals surface area contributed by atoms with E-state index in [1.165, 1.54) is 0 Å². The Morgan fingerprint density at radius 1 is 1.31 bits per heavy atom. The number of hydrogen-bond acceptors (Lipinski definition) is 2. The van der Waals surface area contributed by atoms with Gasteiger partial charge in [-0.05, 0) is 24.1 Å². The molecule has 1 atom stereocenters. The largest absolute Gasteiger partial charge is 0.396 e. The summed E-state index contributed by atoms with van der Waals surface area (Å²) in [5, 5.41) is 13.7. The van der Waals surface area contributed by atoms with Gasteiger partial charge in [0.25, 0.3) is 0 Å². The molecular formula is C12H17Cl2NO. The van der Waals surface area contributed by atoms with Gasteiger partial charge in [0.2, 0.25) is 0 Å². The van der Waals surface area contributed by atoms with Gasteiger partial charge in [0, 0.05) is 24.1 Å². The van der Waals surface area contributed by atoms with Crippen molar-refractivity contribution >= 4 is 28.9 Å². The van der Waals surface area contributed by atoms with Crippen LogP contribution >= 0.6 is 23.2 Å². The molecule has 0 aliphatic carbocycles.